The molecule has 0 fully saturated rings. The Morgan fingerprint density at radius 2 is 1.55 bits per heavy atom. The van der Waals surface area contributed by atoms with Crippen molar-refractivity contribution in [3.8, 4) is 0 Å². The van der Waals surface area contributed by atoms with Crippen molar-refractivity contribution in [1.29, 1.82) is 0 Å². The molecule has 0 amide bonds. The standard InChI is InChI=1S/C9H19NO/c1-6(2)9(11)8(5)10-7(3)4/h6-8,10H,1-5H3/t8-/m1/s1. The second kappa shape index (κ2) is 4.50. The van der Waals surface area contributed by atoms with Gasteiger partial charge in [-0.25, -0.2) is 0 Å². The third-order valence-corrected chi connectivity index (χ3v) is 1.58. The van der Waals surface area contributed by atoms with Gasteiger partial charge in [0.15, 0.2) is 5.78 Å². The van der Waals surface area contributed by atoms with Crippen LogP contribution in [-0.2, 0) is 4.79 Å². The minimum absolute atomic E-state index is 0.00463. The molecule has 2 heteroatoms. The summed E-state index contributed by atoms with van der Waals surface area (Å²) >= 11 is 0. The molecule has 0 aromatic rings. The highest BCUT2D eigenvalue weighted by molar-refractivity contribution is 5.85. The van der Waals surface area contributed by atoms with E-state index in [0.29, 0.717) is 11.8 Å². The lowest BCUT2D eigenvalue weighted by atomic mass is 10.0. The van der Waals surface area contributed by atoms with Gasteiger partial charge in [-0.05, 0) is 6.92 Å². The Kier molecular flexibility index (Phi) is 4.34. The van der Waals surface area contributed by atoms with Gasteiger partial charge >= 0.3 is 0 Å². The lowest BCUT2D eigenvalue weighted by Crippen LogP contribution is -2.40. The fourth-order valence-corrected chi connectivity index (χ4v) is 1.08. The van der Waals surface area contributed by atoms with E-state index < -0.39 is 0 Å². The van der Waals surface area contributed by atoms with Crippen LogP contribution in [0.15, 0.2) is 0 Å². The van der Waals surface area contributed by atoms with Crippen LogP contribution >= 0.6 is 0 Å². The summed E-state index contributed by atoms with van der Waals surface area (Å²) in [6.45, 7) is 9.87. The number of hydrogen-bond acceptors (Lipinski definition) is 2. The molecule has 0 aromatic heterocycles. The van der Waals surface area contributed by atoms with Gasteiger partial charge in [-0.3, -0.25) is 4.79 Å². The largest absolute Gasteiger partial charge is 0.305 e. The van der Waals surface area contributed by atoms with Gasteiger partial charge in [0.2, 0.25) is 0 Å². The lowest BCUT2D eigenvalue weighted by Gasteiger charge is -2.17. The summed E-state index contributed by atoms with van der Waals surface area (Å²) in [6, 6.07) is 0.377. The molecule has 1 N–H and O–H groups in total. The topological polar surface area (TPSA) is 29.1 Å². The van der Waals surface area contributed by atoms with Crippen LogP contribution in [0, 0.1) is 5.92 Å². The number of carbonyl (C=O) groups is 1. The summed E-state index contributed by atoms with van der Waals surface area (Å²) in [5, 5.41) is 3.17. The lowest BCUT2D eigenvalue weighted by molar-refractivity contribution is -0.123. The molecule has 0 aliphatic carbocycles. The van der Waals surface area contributed by atoms with Crippen LogP contribution in [0.1, 0.15) is 34.6 Å². The van der Waals surface area contributed by atoms with E-state index in [1.807, 2.05) is 34.6 Å². The maximum Gasteiger partial charge on any atom is 0.151 e. The molecule has 0 radical (unpaired) electrons. The molecule has 0 aliphatic heterocycles. The van der Waals surface area contributed by atoms with Crippen LogP contribution in [0.4, 0.5) is 0 Å². The summed E-state index contributed by atoms with van der Waals surface area (Å²) < 4.78 is 0. The first kappa shape index (κ1) is 10.6. The third kappa shape index (κ3) is 4.14. The normalized spacial score (nSPS) is 14.1. The van der Waals surface area contributed by atoms with Gasteiger partial charge in [0.05, 0.1) is 6.04 Å². The summed E-state index contributed by atoms with van der Waals surface area (Å²) in [6.07, 6.45) is 0. The first-order valence-electron chi connectivity index (χ1n) is 4.25. The van der Waals surface area contributed by atoms with E-state index in [9.17, 15) is 4.79 Å². The number of nitrogens with one attached hydrogen (secondary N) is 1. The Morgan fingerprint density at radius 3 is 1.82 bits per heavy atom. The van der Waals surface area contributed by atoms with Crippen LogP contribution in [0.2, 0.25) is 0 Å². The SMILES string of the molecule is CC(C)N[C@H](C)C(=O)C(C)C. The first-order chi connectivity index (χ1) is 4.95. The van der Waals surface area contributed by atoms with Crippen molar-refractivity contribution in [2.24, 2.45) is 5.92 Å². The maximum atomic E-state index is 11.3. The molecule has 66 valence electrons. The smallest absolute Gasteiger partial charge is 0.151 e. The second-order valence-electron chi connectivity index (χ2n) is 3.60. The Morgan fingerprint density at radius 1 is 1.09 bits per heavy atom. The monoisotopic (exact) mass is 157 g/mol. The van der Waals surface area contributed by atoms with E-state index in [1.165, 1.54) is 0 Å². The molecule has 11 heavy (non-hydrogen) atoms. The molecule has 2 nitrogen and oxygen atoms in total. The van der Waals surface area contributed by atoms with Crippen LogP contribution in [0.25, 0.3) is 0 Å². The summed E-state index contributed by atoms with van der Waals surface area (Å²) in [7, 11) is 0. The van der Waals surface area contributed by atoms with Gasteiger partial charge in [0, 0.05) is 12.0 Å². The zero-order valence-corrected chi connectivity index (χ0v) is 8.14. The maximum absolute atomic E-state index is 11.3. The number of Topliss-reactive ketones (excluding diaryl/α,β-unsaturated/α-hetero) is 1. The van der Waals surface area contributed by atoms with Gasteiger partial charge in [-0.1, -0.05) is 27.7 Å². The van der Waals surface area contributed by atoms with Gasteiger partial charge in [0.1, 0.15) is 0 Å². The van der Waals surface area contributed by atoms with Crippen molar-refractivity contribution in [1.82, 2.24) is 5.32 Å². The van der Waals surface area contributed by atoms with Crippen LogP contribution in [0.3, 0.4) is 0 Å². The van der Waals surface area contributed by atoms with Gasteiger partial charge in [-0.15, -0.1) is 0 Å². The van der Waals surface area contributed by atoms with Gasteiger partial charge in [-0.2, -0.15) is 0 Å². The van der Waals surface area contributed by atoms with E-state index in [-0.39, 0.29) is 12.0 Å². The number of carbonyl (C=O) groups excluding carboxylic acids is 1. The minimum Gasteiger partial charge on any atom is -0.305 e. The number of ketones is 1. The molecule has 0 saturated carbocycles. The van der Waals surface area contributed by atoms with Gasteiger partial charge < -0.3 is 5.32 Å². The molecule has 1 atom stereocenters. The Labute approximate surface area is 69.4 Å². The van der Waals surface area contributed by atoms with Crippen molar-refractivity contribution in [2.45, 2.75) is 46.7 Å². The second-order valence-corrected chi connectivity index (χ2v) is 3.60. The Hall–Kier alpha value is -0.370. The van der Waals surface area contributed by atoms with E-state index in [2.05, 4.69) is 5.32 Å². The average molecular weight is 157 g/mol. The zero-order valence-electron chi connectivity index (χ0n) is 8.14. The van der Waals surface area contributed by atoms with Crippen LogP contribution in [0.5, 0.6) is 0 Å². The van der Waals surface area contributed by atoms with Crippen molar-refractivity contribution >= 4 is 5.78 Å². The molecule has 0 aromatic carbocycles. The van der Waals surface area contributed by atoms with Crippen molar-refractivity contribution < 1.29 is 4.79 Å². The molecular weight excluding hydrogens is 138 g/mol. The minimum atomic E-state index is -0.00463. The van der Waals surface area contributed by atoms with Crippen LogP contribution in [-0.4, -0.2) is 17.9 Å². The van der Waals surface area contributed by atoms with Crippen molar-refractivity contribution in [3.63, 3.8) is 0 Å². The fourth-order valence-electron chi connectivity index (χ4n) is 1.08. The molecule has 0 bridgehead atoms. The Bertz CT molecular complexity index is 130. The molecule has 0 unspecified atom stereocenters. The third-order valence-electron chi connectivity index (χ3n) is 1.58. The fraction of sp³-hybridized carbons (Fsp3) is 0.889. The van der Waals surface area contributed by atoms with E-state index in [4.69, 9.17) is 0 Å². The predicted molar refractivity (Wildman–Crippen MR) is 47.6 cm³/mol. The summed E-state index contributed by atoms with van der Waals surface area (Å²) in [4.78, 5) is 11.3. The molecule has 0 saturated heterocycles. The Balaban J connectivity index is 3.83. The zero-order chi connectivity index (χ0) is 9.02. The number of rotatable bonds is 4. The first-order valence-corrected chi connectivity index (χ1v) is 4.25. The molecular formula is C9H19NO. The van der Waals surface area contributed by atoms with Crippen molar-refractivity contribution in [3.05, 3.63) is 0 Å². The van der Waals surface area contributed by atoms with Crippen molar-refractivity contribution in [2.75, 3.05) is 0 Å². The molecule has 0 aliphatic rings. The molecule has 0 spiro atoms. The summed E-state index contributed by atoms with van der Waals surface area (Å²) in [5.41, 5.74) is 0. The predicted octanol–water partition coefficient (Wildman–Crippen LogP) is 1.60. The molecule has 0 rings (SSSR count). The number of hydrogen-bond donors (Lipinski definition) is 1. The molecule has 0 heterocycles. The van der Waals surface area contributed by atoms with Gasteiger partial charge in [0.25, 0.3) is 0 Å². The van der Waals surface area contributed by atoms with E-state index in [1.54, 1.807) is 0 Å². The summed E-state index contributed by atoms with van der Waals surface area (Å²) in [5.74, 6) is 0.426. The quantitative estimate of drug-likeness (QED) is 0.671. The van der Waals surface area contributed by atoms with Crippen LogP contribution < -0.4 is 5.32 Å². The highest BCUT2D eigenvalue weighted by Gasteiger charge is 2.15. The average Bonchev–Trinajstić information content (AvgIpc) is 1.84. The highest BCUT2D eigenvalue weighted by Crippen LogP contribution is 1.99. The highest BCUT2D eigenvalue weighted by atomic mass is 16.1. The van der Waals surface area contributed by atoms with E-state index >= 15 is 0 Å². The van der Waals surface area contributed by atoms with E-state index in [0.717, 1.165) is 0 Å².